The molecule has 6 heteroatoms. The van der Waals surface area contributed by atoms with E-state index < -0.39 is 11.8 Å². The molecular formula is C21H29N3O3. The maximum absolute atomic E-state index is 12.7. The van der Waals surface area contributed by atoms with Crippen LogP contribution in [-0.2, 0) is 16.1 Å². The first-order valence-corrected chi connectivity index (χ1v) is 9.95. The normalized spacial score (nSPS) is 18.9. The zero-order valence-corrected chi connectivity index (χ0v) is 16.3. The number of amides is 3. The van der Waals surface area contributed by atoms with Gasteiger partial charge in [-0.3, -0.25) is 14.4 Å². The quantitative estimate of drug-likeness (QED) is 0.763. The van der Waals surface area contributed by atoms with Crippen LogP contribution in [0.4, 0.5) is 0 Å². The summed E-state index contributed by atoms with van der Waals surface area (Å²) in [5, 5.41) is 0. The summed E-state index contributed by atoms with van der Waals surface area (Å²) in [6.45, 7) is 7.00. The number of hydrogen-bond acceptors (Lipinski definition) is 3. The Hall–Kier alpha value is -2.37. The summed E-state index contributed by atoms with van der Waals surface area (Å²) >= 11 is 0. The van der Waals surface area contributed by atoms with Gasteiger partial charge in [0.15, 0.2) is 0 Å². The first-order valence-electron chi connectivity index (χ1n) is 9.95. The smallest absolute Gasteiger partial charge is 0.312 e. The zero-order valence-electron chi connectivity index (χ0n) is 16.3. The molecule has 0 aromatic heterocycles. The van der Waals surface area contributed by atoms with Gasteiger partial charge in [-0.25, -0.2) is 0 Å². The number of likely N-dealkylation sites (tertiary alicyclic amines) is 1. The van der Waals surface area contributed by atoms with E-state index in [-0.39, 0.29) is 11.9 Å². The molecule has 0 saturated carbocycles. The Labute approximate surface area is 161 Å². The van der Waals surface area contributed by atoms with Gasteiger partial charge in [-0.1, -0.05) is 25.0 Å². The molecule has 3 rings (SSSR count). The average molecular weight is 371 g/mol. The van der Waals surface area contributed by atoms with E-state index in [0.29, 0.717) is 25.2 Å². The van der Waals surface area contributed by atoms with Crippen molar-refractivity contribution in [2.45, 2.75) is 52.1 Å². The summed E-state index contributed by atoms with van der Waals surface area (Å²) in [7, 11) is 0. The maximum atomic E-state index is 12.7. The van der Waals surface area contributed by atoms with Gasteiger partial charge in [0.05, 0.1) is 0 Å². The van der Waals surface area contributed by atoms with Crippen LogP contribution < -0.4 is 0 Å². The van der Waals surface area contributed by atoms with Gasteiger partial charge in [0, 0.05) is 44.3 Å². The van der Waals surface area contributed by atoms with E-state index >= 15 is 0 Å². The highest BCUT2D eigenvalue weighted by Crippen LogP contribution is 2.16. The van der Waals surface area contributed by atoms with E-state index in [9.17, 15) is 14.4 Å². The summed E-state index contributed by atoms with van der Waals surface area (Å²) in [4.78, 5) is 42.3. The Balaban J connectivity index is 1.61. The molecule has 0 spiro atoms. The van der Waals surface area contributed by atoms with Crippen molar-refractivity contribution in [3.05, 3.63) is 35.4 Å². The minimum atomic E-state index is -0.445. The Bertz CT molecular complexity index is 691. The molecule has 1 aromatic rings. The lowest BCUT2D eigenvalue weighted by atomic mass is 10.1. The lowest BCUT2D eigenvalue weighted by Crippen LogP contribution is -2.55. The molecule has 0 N–H and O–H groups in total. The molecule has 27 heavy (non-hydrogen) atoms. The number of rotatable bonds is 4. The van der Waals surface area contributed by atoms with Gasteiger partial charge in [-0.15, -0.1) is 0 Å². The van der Waals surface area contributed by atoms with Crippen LogP contribution in [0.1, 0.15) is 55.5 Å². The van der Waals surface area contributed by atoms with Crippen molar-refractivity contribution in [3.63, 3.8) is 0 Å². The van der Waals surface area contributed by atoms with Gasteiger partial charge in [-0.2, -0.15) is 0 Å². The third-order valence-electron chi connectivity index (χ3n) is 5.43. The molecule has 0 bridgehead atoms. The molecule has 6 nitrogen and oxygen atoms in total. The SMILES string of the molecule is CC(C)N1CCN(Cc2ccc(C(=O)N3CCCCCC3)cc2)C(=O)C1=O. The van der Waals surface area contributed by atoms with Crippen molar-refractivity contribution in [2.75, 3.05) is 26.2 Å². The molecule has 2 saturated heterocycles. The largest absolute Gasteiger partial charge is 0.339 e. The van der Waals surface area contributed by atoms with E-state index in [1.165, 1.54) is 12.8 Å². The summed E-state index contributed by atoms with van der Waals surface area (Å²) in [5.41, 5.74) is 1.62. The molecule has 1 aromatic carbocycles. The van der Waals surface area contributed by atoms with Crippen molar-refractivity contribution in [1.82, 2.24) is 14.7 Å². The summed E-state index contributed by atoms with van der Waals surface area (Å²) in [6, 6.07) is 7.47. The van der Waals surface area contributed by atoms with E-state index in [1.54, 1.807) is 9.80 Å². The Kier molecular flexibility index (Phi) is 6.14. The van der Waals surface area contributed by atoms with Gasteiger partial charge in [0.1, 0.15) is 0 Å². The van der Waals surface area contributed by atoms with Crippen molar-refractivity contribution in [2.24, 2.45) is 0 Å². The van der Waals surface area contributed by atoms with Crippen molar-refractivity contribution >= 4 is 17.7 Å². The molecule has 146 valence electrons. The van der Waals surface area contributed by atoms with Crippen molar-refractivity contribution < 1.29 is 14.4 Å². The van der Waals surface area contributed by atoms with Gasteiger partial charge < -0.3 is 14.7 Å². The van der Waals surface area contributed by atoms with Gasteiger partial charge in [0.25, 0.3) is 5.91 Å². The van der Waals surface area contributed by atoms with Crippen molar-refractivity contribution in [3.8, 4) is 0 Å². The van der Waals surface area contributed by atoms with E-state index in [1.807, 2.05) is 43.0 Å². The number of carbonyl (C=O) groups is 3. The second-order valence-corrected chi connectivity index (χ2v) is 7.72. The summed E-state index contributed by atoms with van der Waals surface area (Å²) in [6.07, 6.45) is 4.53. The Morgan fingerprint density at radius 2 is 1.52 bits per heavy atom. The Morgan fingerprint density at radius 3 is 2.11 bits per heavy atom. The summed E-state index contributed by atoms with van der Waals surface area (Å²) in [5.74, 6) is -0.788. The fraction of sp³-hybridized carbons (Fsp3) is 0.571. The van der Waals surface area contributed by atoms with Crippen molar-refractivity contribution in [1.29, 1.82) is 0 Å². The first-order chi connectivity index (χ1) is 13.0. The topological polar surface area (TPSA) is 60.9 Å². The van der Waals surface area contributed by atoms with Crippen LogP contribution in [0, 0.1) is 0 Å². The van der Waals surface area contributed by atoms with E-state index in [4.69, 9.17) is 0 Å². The third-order valence-corrected chi connectivity index (χ3v) is 5.43. The standard InChI is InChI=1S/C21H29N3O3/c1-16(2)24-14-13-23(20(26)21(24)27)15-17-7-9-18(10-8-17)19(25)22-11-5-3-4-6-12-22/h7-10,16H,3-6,11-15H2,1-2H3. The van der Waals surface area contributed by atoms with Crippen LogP contribution in [0.15, 0.2) is 24.3 Å². The van der Waals surface area contributed by atoms with Gasteiger partial charge in [0.2, 0.25) is 0 Å². The molecule has 0 aliphatic carbocycles. The molecule has 2 aliphatic rings. The molecule has 0 radical (unpaired) electrons. The maximum Gasteiger partial charge on any atom is 0.312 e. The molecular weight excluding hydrogens is 342 g/mol. The van der Waals surface area contributed by atoms with E-state index in [2.05, 4.69) is 0 Å². The van der Waals surface area contributed by atoms with Crippen LogP contribution in [0.25, 0.3) is 0 Å². The zero-order chi connectivity index (χ0) is 19.4. The highest BCUT2D eigenvalue weighted by atomic mass is 16.2. The highest BCUT2D eigenvalue weighted by molar-refractivity contribution is 6.35. The second kappa shape index (κ2) is 8.55. The predicted molar refractivity (Wildman–Crippen MR) is 103 cm³/mol. The lowest BCUT2D eigenvalue weighted by Gasteiger charge is -2.36. The Morgan fingerprint density at radius 1 is 0.889 bits per heavy atom. The third kappa shape index (κ3) is 4.49. The molecule has 0 unspecified atom stereocenters. The van der Waals surface area contributed by atoms with Crippen LogP contribution in [0.2, 0.25) is 0 Å². The van der Waals surface area contributed by atoms with Crippen LogP contribution in [0.3, 0.4) is 0 Å². The predicted octanol–water partition coefficient (Wildman–Crippen LogP) is 2.28. The number of nitrogens with zero attached hydrogens (tertiary/aromatic N) is 3. The number of carbonyl (C=O) groups excluding carboxylic acids is 3. The second-order valence-electron chi connectivity index (χ2n) is 7.72. The monoisotopic (exact) mass is 371 g/mol. The van der Waals surface area contributed by atoms with Gasteiger partial charge >= 0.3 is 11.8 Å². The molecule has 2 aliphatic heterocycles. The van der Waals surface area contributed by atoms with Crippen LogP contribution in [0.5, 0.6) is 0 Å². The fourth-order valence-corrected chi connectivity index (χ4v) is 3.76. The van der Waals surface area contributed by atoms with Crippen LogP contribution >= 0.6 is 0 Å². The fourth-order valence-electron chi connectivity index (χ4n) is 3.76. The summed E-state index contributed by atoms with van der Waals surface area (Å²) < 4.78 is 0. The number of benzene rings is 1. The highest BCUT2D eigenvalue weighted by Gasteiger charge is 2.33. The molecule has 2 heterocycles. The van der Waals surface area contributed by atoms with E-state index in [0.717, 1.165) is 31.5 Å². The minimum absolute atomic E-state index is 0.0351. The van der Waals surface area contributed by atoms with Crippen LogP contribution in [-0.4, -0.2) is 64.6 Å². The van der Waals surface area contributed by atoms with Gasteiger partial charge in [-0.05, 0) is 44.4 Å². The first kappa shape index (κ1) is 19.4. The average Bonchev–Trinajstić information content (AvgIpc) is 2.95. The number of hydrogen-bond donors (Lipinski definition) is 0. The lowest BCUT2D eigenvalue weighted by molar-refractivity contribution is -0.157. The number of piperazine rings is 1. The molecule has 2 fully saturated rings. The minimum Gasteiger partial charge on any atom is -0.339 e. The molecule has 0 atom stereocenters. The molecule has 3 amide bonds.